The Bertz CT molecular complexity index is 309. The van der Waals surface area contributed by atoms with Crippen molar-refractivity contribution in [2.24, 2.45) is 0 Å². The van der Waals surface area contributed by atoms with Crippen molar-refractivity contribution in [3.63, 3.8) is 0 Å². The van der Waals surface area contributed by atoms with E-state index in [9.17, 15) is 4.79 Å². The van der Waals surface area contributed by atoms with Crippen LogP contribution in [-0.4, -0.2) is 55.1 Å². The molecule has 0 unspecified atom stereocenters. The Kier molecular flexibility index (Phi) is 4.68. The summed E-state index contributed by atoms with van der Waals surface area (Å²) in [5.74, 6) is 0. The SMILES string of the molecule is CC(C)(C)OC(=O)N1CCCC[C@@H]1COC[C@H]1CO1. The smallest absolute Gasteiger partial charge is 0.410 e. The van der Waals surface area contributed by atoms with Crippen molar-refractivity contribution in [1.82, 2.24) is 4.90 Å². The lowest BCUT2D eigenvalue weighted by atomic mass is 10.0. The Balaban J connectivity index is 1.81. The van der Waals surface area contributed by atoms with Gasteiger partial charge in [0.2, 0.25) is 0 Å². The number of hydrogen-bond donors (Lipinski definition) is 0. The van der Waals surface area contributed by atoms with E-state index in [1.807, 2.05) is 25.7 Å². The predicted octanol–water partition coefficient (Wildman–Crippen LogP) is 2.19. The van der Waals surface area contributed by atoms with Crippen LogP contribution in [-0.2, 0) is 14.2 Å². The van der Waals surface area contributed by atoms with Crippen LogP contribution in [0.4, 0.5) is 4.79 Å². The number of hydrogen-bond acceptors (Lipinski definition) is 4. The normalized spacial score (nSPS) is 27.2. The number of amides is 1. The van der Waals surface area contributed by atoms with Gasteiger partial charge in [0.05, 0.1) is 25.9 Å². The minimum Gasteiger partial charge on any atom is -0.444 e. The van der Waals surface area contributed by atoms with Gasteiger partial charge in [0, 0.05) is 6.54 Å². The van der Waals surface area contributed by atoms with Crippen molar-refractivity contribution in [2.75, 3.05) is 26.4 Å². The Morgan fingerprint density at radius 2 is 2.05 bits per heavy atom. The van der Waals surface area contributed by atoms with Crippen LogP contribution in [0.25, 0.3) is 0 Å². The minimum atomic E-state index is -0.443. The lowest BCUT2D eigenvalue weighted by molar-refractivity contribution is -0.00905. The summed E-state index contributed by atoms with van der Waals surface area (Å²) in [7, 11) is 0. The Labute approximate surface area is 115 Å². The molecule has 5 nitrogen and oxygen atoms in total. The molecule has 0 aromatic carbocycles. The van der Waals surface area contributed by atoms with Crippen molar-refractivity contribution >= 4 is 6.09 Å². The fourth-order valence-corrected chi connectivity index (χ4v) is 2.23. The number of carbonyl (C=O) groups excluding carboxylic acids is 1. The third-order valence-corrected chi connectivity index (χ3v) is 3.27. The fraction of sp³-hybridized carbons (Fsp3) is 0.929. The molecule has 0 aliphatic carbocycles. The van der Waals surface area contributed by atoms with Crippen LogP contribution in [0.15, 0.2) is 0 Å². The predicted molar refractivity (Wildman–Crippen MR) is 71.1 cm³/mol. The van der Waals surface area contributed by atoms with Crippen LogP contribution < -0.4 is 0 Å². The van der Waals surface area contributed by atoms with Crippen LogP contribution in [0.1, 0.15) is 40.0 Å². The molecule has 2 aliphatic heterocycles. The molecule has 2 aliphatic rings. The first-order chi connectivity index (χ1) is 8.96. The molecule has 19 heavy (non-hydrogen) atoms. The number of ether oxygens (including phenoxy) is 3. The monoisotopic (exact) mass is 271 g/mol. The molecule has 0 aromatic heterocycles. The number of likely N-dealkylation sites (tertiary alicyclic amines) is 1. The summed E-state index contributed by atoms with van der Waals surface area (Å²) in [6.07, 6.45) is 3.24. The van der Waals surface area contributed by atoms with Gasteiger partial charge in [0.15, 0.2) is 0 Å². The number of rotatable bonds is 4. The molecule has 0 radical (unpaired) electrons. The maximum atomic E-state index is 12.2. The van der Waals surface area contributed by atoms with Crippen molar-refractivity contribution in [2.45, 2.75) is 57.8 Å². The van der Waals surface area contributed by atoms with E-state index in [1.54, 1.807) is 0 Å². The van der Waals surface area contributed by atoms with Gasteiger partial charge in [-0.2, -0.15) is 0 Å². The number of piperidine rings is 1. The van der Waals surface area contributed by atoms with E-state index in [-0.39, 0.29) is 18.2 Å². The number of epoxide rings is 1. The van der Waals surface area contributed by atoms with Gasteiger partial charge in [-0.15, -0.1) is 0 Å². The lowest BCUT2D eigenvalue weighted by Gasteiger charge is -2.36. The van der Waals surface area contributed by atoms with Crippen LogP contribution in [0.2, 0.25) is 0 Å². The summed E-state index contributed by atoms with van der Waals surface area (Å²) in [6.45, 7) is 8.47. The zero-order valence-electron chi connectivity index (χ0n) is 12.2. The second-order valence-corrected chi connectivity index (χ2v) is 6.32. The van der Waals surface area contributed by atoms with E-state index >= 15 is 0 Å². The largest absolute Gasteiger partial charge is 0.444 e. The van der Waals surface area contributed by atoms with Gasteiger partial charge < -0.3 is 19.1 Å². The molecule has 5 heteroatoms. The highest BCUT2D eigenvalue weighted by Gasteiger charge is 2.31. The molecular formula is C14H25NO4. The zero-order valence-corrected chi connectivity index (χ0v) is 12.2. The van der Waals surface area contributed by atoms with Gasteiger partial charge in [-0.3, -0.25) is 0 Å². The molecule has 110 valence electrons. The molecule has 2 heterocycles. The van der Waals surface area contributed by atoms with Gasteiger partial charge >= 0.3 is 6.09 Å². The van der Waals surface area contributed by atoms with E-state index in [1.165, 1.54) is 0 Å². The number of carbonyl (C=O) groups is 1. The van der Waals surface area contributed by atoms with E-state index in [4.69, 9.17) is 14.2 Å². The van der Waals surface area contributed by atoms with Crippen molar-refractivity contribution < 1.29 is 19.0 Å². The summed E-state index contributed by atoms with van der Waals surface area (Å²) in [4.78, 5) is 14.0. The third-order valence-electron chi connectivity index (χ3n) is 3.27. The molecule has 2 atom stereocenters. The maximum absolute atomic E-state index is 12.2. The highest BCUT2D eigenvalue weighted by atomic mass is 16.6. The zero-order chi connectivity index (χ0) is 13.9. The fourth-order valence-electron chi connectivity index (χ4n) is 2.23. The Hall–Kier alpha value is -0.810. The summed E-state index contributed by atoms with van der Waals surface area (Å²) >= 11 is 0. The maximum Gasteiger partial charge on any atom is 0.410 e. The highest BCUT2D eigenvalue weighted by molar-refractivity contribution is 5.68. The van der Waals surface area contributed by atoms with Gasteiger partial charge in [-0.05, 0) is 40.0 Å². The topological polar surface area (TPSA) is 51.3 Å². The van der Waals surface area contributed by atoms with E-state index < -0.39 is 5.60 Å². The van der Waals surface area contributed by atoms with E-state index in [2.05, 4.69) is 0 Å². The molecule has 2 rings (SSSR count). The first-order valence-corrected chi connectivity index (χ1v) is 7.15. The van der Waals surface area contributed by atoms with Crippen molar-refractivity contribution in [3.8, 4) is 0 Å². The number of nitrogens with zero attached hydrogens (tertiary/aromatic N) is 1. The Morgan fingerprint density at radius 3 is 2.68 bits per heavy atom. The molecule has 0 bridgehead atoms. The molecule has 1 amide bonds. The van der Waals surface area contributed by atoms with E-state index in [0.717, 1.165) is 32.4 Å². The van der Waals surface area contributed by atoms with Gasteiger partial charge in [-0.1, -0.05) is 0 Å². The highest BCUT2D eigenvalue weighted by Crippen LogP contribution is 2.21. The second kappa shape index (κ2) is 6.09. The summed E-state index contributed by atoms with van der Waals surface area (Å²) < 4.78 is 16.2. The van der Waals surface area contributed by atoms with Crippen LogP contribution in [0.5, 0.6) is 0 Å². The molecule has 2 saturated heterocycles. The molecule has 0 saturated carbocycles. The first-order valence-electron chi connectivity index (χ1n) is 7.15. The molecular weight excluding hydrogens is 246 g/mol. The third kappa shape index (κ3) is 4.99. The van der Waals surface area contributed by atoms with Crippen LogP contribution in [0, 0.1) is 0 Å². The van der Waals surface area contributed by atoms with Gasteiger partial charge in [0.25, 0.3) is 0 Å². The molecule has 0 aromatic rings. The lowest BCUT2D eigenvalue weighted by Crippen LogP contribution is -2.48. The average Bonchev–Trinajstić information content (AvgIpc) is 3.11. The molecule has 0 spiro atoms. The molecule has 0 N–H and O–H groups in total. The first kappa shape index (κ1) is 14.6. The Morgan fingerprint density at radius 1 is 1.32 bits per heavy atom. The second-order valence-electron chi connectivity index (χ2n) is 6.32. The van der Waals surface area contributed by atoms with Gasteiger partial charge in [0.1, 0.15) is 11.7 Å². The molecule has 2 fully saturated rings. The van der Waals surface area contributed by atoms with Gasteiger partial charge in [-0.25, -0.2) is 4.79 Å². The quantitative estimate of drug-likeness (QED) is 0.735. The summed E-state index contributed by atoms with van der Waals surface area (Å²) in [5, 5.41) is 0. The van der Waals surface area contributed by atoms with E-state index in [0.29, 0.717) is 13.2 Å². The van der Waals surface area contributed by atoms with Crippen LogP contribution in [0.3, 0.4) is 0 Å². The van der Waals surface area contributed by atoms with Crippen molar-refractivity contribution in [3.05, 3.63) is 0 Å². The minimum absolute atomic E-state index is 0.141. The average molecular weight is 271 g/mol. The summed E-state index contributed by atoms with van der Waals surface area (Å²) in [5.41, 5.74) is -0.443. The summed E-state index contributed by atoms with van der Waals surface area (Å²) in [6, 6.07) is 0.141. The van der Waals surface area contributed by atoms with Crippen LogP contribution >= 0.6 is 0 Å². The standard InChI is InChI=1S/C14H25NO4/c1-14(2,3)19-13(16)15-7-5-4-6-11(15)8-17-9-12-10-18-12/h11-12H,4-10H2,1-3H3/t11-,12+/m1/s1. The van der Waals surface area contributed by atoms with Crippen molar-refractivity contribution in [1.29, 1.82) is 0 Å².